The Hall–Kier alpha value is -0.620. The Balaban J connectivity index is 4.05. The molecule has 0 aromatic rings. The van der Waals surface area contributed by atoms with Crippen molar-refractivity contribution in [2.24, 2.45) is 0 Å². The molecule has 0 aliphatic rings. The van der Waals surface area contributed by atoms with Gasteiger partial charge in [-0.25, -0.2) is 0 Å². The van der Waals surface area contributed by atoms with E-state index < -0.39 is 16.2 Å². The van der Waals surface area contributed by atoms with Crippen LogP contribution < -0.4 is 0 Å². The van der Waals surface area contributed by atoms with E-state index >= 15 is 0 Å². The largest absolute Gasteiger partial charge is 0.466 e. The molecule has 1 atom stereocenters. The van der Waals surface area contributed by atoms with Gasteiger partial charge in [0, 0.05) is 13.3 Å². The van der Waals surface area contributed by atoms with Crippen molar-refractivity contribution < 1.29 is 22.1 Å². The molecule has 0 aliphatic carbocycles. The Bertz CT molecular complexity index is 296. The number of hydrogen-bond acceptors (Lipinski definition) is 5. The molecule has 0 bridgehead atoms. The summed E-state index contributed by atoms with van der Waals surface area (Å²) in [7, 11) is -3.44. The van der Waals surface area contributed by atoms with E-state index in [1.807, 2.05) is 6.92 Å². The highest BCUT2D eigenvalue weighted by molar-refractivity contribution is 7.86. The van der Waals surface area contributed by atoms with Gasteiger partial charge in [0.05, 0.1) is 19.0 Å². The van der Waals surface area contributed by atoms with Gasteiger partial charge in [-0.1, -0.05) is 19.8 Å². The van der Waals surface area contributed by atoms with Crippen LogP contribution in [-0.2, 0) is 23.8 Å². The summed E-state index contributed by atoms with van der Waals surface area (Å²) in [6.45, 7) is 3.53. The maximum absolute atomic E-state index is 11.0. The van der Waals surface area contributed by atoms with Gasteiger partial charge in [0.25, 0.3) is 10.1 Å². The van der Waals surface area contributed by atoms with E-state index in [0.717, 1.165) is 19.1 Å². The molecule has 0 rings (SSSR count). The lowest BCUT2D eigenvalue weighted by molar-refractivity contribution is -0.141. The normalized spacial score (nSPS) is 13.4. The summed E-state index contributed by atoms with van der Waals surface area (Å²) in [4.78, 5) is 10.5. The van der Waals surface area contributed by atoms with Gasteiger partial charge in [-0.15, -0.1) is 0 Å². The maximum Gasteiger partial charge on any atom is 0.302 e. The van der Waals surface area contributed by atoms with Crippen LogP contribution in [0.15, 0.2) is 0 Å². The van der Waals surface area contributed by atoms with Gasteiger partial charge in [-0.2, -0.15) is 8.42 Å². The van der Waals surface area contributed by atoms with Crippen LogP contribution >= 0.6 is 0 Å². The van der Waals surface area contributed by atoms with Crippen molar-refractivity contribution in [2.75, 3.05) is 12.9 Å². The Morgan fingerprint density at radius 2 is 1.94 bits per heavy atom. The first kappa shape index (κ1) is 15.4. The first-order valence-electron chi connectivity index (χ1n) is 5.36. The molecule has 0 amide bonds. The lowest BCUT2D eigenvalue weighted by Gasteiger charge is -2.15. The predicted molar refractivity (Wildman–Crippen MR) is 60.5 cm³/mol. The van der Waals surface area contributed by atoms with E-state index in [9.17, 15) is 13.2 Å². The number of carbonyl (C=O) groups excluding carboxylic acids is 1. The van der Waals surface area contributed by atoms with Crippen molar-refractivity contribution in [2.45, 2.75) is 45.6 Å². The molecule has 0 aromatic heterocycles. The third-order valence-corrected chi connectivity index (χ3v) is 2.56. The Morgan fingerprint density at radius 1 is 1.31 bits per heavy atom. The standard InChI is InChI=1S/C10H20O5S/c1-4-5-6-10(15-16(3,12)13)7-8-14-9(2)11/h10H,4-8H2,1-3H3. The molecular weight excluding hydrogens is 232 g/mol. The molecule has 16 heavy (non-hydrogen) atoms. The molecule has 0 aromatic carbocycles. The van der Waals surface area contributed by atoms with Crippen molar-refractivity contribution in [3.63, 3.8) is 0 Å². The third kappa shape index (κ3) is 9.92. The highest BCUT2D eigenvalue weighted by atomic mass is 32.2. The Morgan fingerprint density at radius 3 is 2.38 bits per heavy atom. The molecule has 0 aliphatic heterocycles. The second-order valence-electron chi connectivity index (χ2n) is 3.69. The summed E-state index contributed by atoms with van der Waals surface area (Å²) in [5.41, 5.74) is 0. The van der Waals surface area contributed by atoms with Crippen molar-refractivity contribution in [1.29, 1.82) is 0 Å². The predicted octanol–water partition coefficient (Wildman–Crippen LogP) is 1.47. The van der Waals surface area contributed by atoms with Gasteiger partial charge < -0.3 is 4.74 Å². The highest BCUT2D eigenvalue weighted by Gasteiger charge is 2.15. The van der Waals surface area contributed by atoms with Crippen LogP contribution in [0, 0.1) is 0 Å². The minimum Gasteiger partial charge on any atom is -0.466 e. The number of carbonyl (C=O) groups is 1. The Kier molecular flexibility index (Phi) is 7.33. The summed E-state index contributed by atoms with van der Waals surface area (Å²) in [5.74, 6) is -0.367. The van der Waals surface area contributed by atoms with Gasteiger partial charge in [-0.05, 0) is 6.42 Å². The van der Waals surface area contributed by atoms with Crippen LogP contribution in [0.25, 0.3) is 0 Å². The first-order valence-corrected chi connectivity index (χ1v) is 7.18. The van der Waals surface area contributed by atoms with Crippen LogP contribution in [0.2, 0.25) is 0 Å². The summed E-state index contributed by atoms with van der Waals surface area (Å²) >= 11 is 0. The van der Waals surface area contributed by atoms with Crippen molar-refractivity contribution in [1.82, 2.24) is 0 Å². The smallest absolute Gasteiger partial charge is 0.302 e. The molecule has 0 heterocycles. The zero-order chi connectivity index (χ0) is 12.6. The molecule has 0 saturated heterocycles. The van der Waals surface area contributed by atoms with Gasteiger partial charge in [-0.3, -0.25) is 8.98 Å². The van der Waals surface area contributed by atoms with E-state index in [-0.39, 0.29) is 12.6 Å². The number of rotatable bonds is 8. The molecule has 0 fully saturated rings. The molecular formula is C10H20O5S. The van der Waals surface area contributed by atoms with Crippen LogP contribution in [0.4, 0.5) is 0 Å². The monoisotopic (exact) mass is 252 g/mol. The van der Waals surface area contributed by atoms with Gasteiger partial charge in [0.1, 0.15) is 0 Å². The minimum atomic E-state index is -3.44. The number of ether oxygens (including phenoxy) is 1. The lowest BCUT2D eigenvalue weighted by Crippen LogP contribution is -2.20. The molecule has 1 unspecified atom stereocenters. The molecule has 0 radical (unpaired) electrons. The van der Waals surface area contributed by atoms with E-state index in [0.29, 0.717) is 12.8 Å². The topological polar surface area (TPSA) is 69.7 Å². The van der Waals surface area contributed by atoms with E-state index in [2.05, 4.69) is 0 Å². The number of esters is 1. The highest BCUT2D eigenvalue weighted by Crippen LogP contribution is 2.11. The van der Waals surface area contributed by atoms with Gasteiger partial charge >= 0.3 is 5.97 Å². The quantitative estimate of drug-likeness (QED) is 0.483. The number of unbranched alkanes of at least 4 members (excludes halogenated alkanes) is 1. The summed E-state index contributed by atoms with van der Waals surface area (Å²) in [6, 6.07) is 0. The van der Waals surface area contributed by atoms with Crippen molar-refractivity contribution in [3.8, 4) is 0 Å². The van der Waals surface area contributed by atoms with Crippen LogP contribution in [-0.4, -0.2) is 33.4 Å². The van der Waals surface area contributed by atoms with Crippen LogP contribution in [0.1, 0.15) is 39.5 Å². The molecule has 6 heteroatoms. The Labute approximate surface area is 97.2 Å². The SMILES string of the molecule is CCCCC(CCOC(C)=O)OS(C)(=O)=O. The molecule has 0 N–H and O–H groups in total. The zero-order valence-electron chi connectivity index (χ0n) is 10.1. The van der Waals surface area contributed by atoms with Crippen LogP contribution in [0.3, 0.4) is 0 Å². The molecule has 5 nitrogen and oxygen atoms in total. The van der Waals surface area contributed by atoms with E-state index in [1.165, 1.54) is 6.92 Å². The molecule has 0 saturated carbocycles. The fraction of sp³-hybridized carbons (Fsp3) is 0.900. The third-order valence-electron chi connectivity index (χ3n) is 1.94. The van der Waals surface area contributed by atoms with Gasteiger partial charge in [0.15, 0.2) is 0 Å². The molecule has 0 spiro atoms. The first-order chi connectivity index (χ1) is 7.35. The maximum atomic E-state index is 11.0. The molecule has 96 valence electrons. The van der Waals surface area contributed by atoms with E-state index in [4.69, 9.17) is 8.92 Å². The van der Waals surface area contributed by atoms with Gasteiger partial charge in [0.2, 0.25) is 0 Å². The summed E-state index contributed by atoms with van der Waals surface area (Å²) in [6.07, 6.45) is 3.56. The second-order valence-corrected chi connectivity index (χ2v) is 5.29. The lowest BCUT2D eigenvalue weighted by atomic mass is 10.1. The summed E-state index contributed by atoms with van der Waals surface area (Å²) in [5, 5.41) is 0. The second kappa shape index (κ2) is 7.62. The van der Waals surface area contributed by atoms with Crippen molar-refractivity contribution >= 4 is 16.1 Å². The average Bonchev–Trinajstić information content (AvgIpc) is 2.11. The fourth-order valence-corrected chi connectivity index (χ4v) is 1.94. The minimum absolute atomic E-state index is 0.194. The average molecular weight is 252 g/mol. The fourth-order valence-electron chi connectivity index (χ4n) is 1.25. The van der Waals surface area contributed by atoms with E-state index in [1.54, 1.807) is 0 Å². The summed E-state index contributed by atoms with van der Waals surface area (Å²) < 4.78 is 31.6. The van der Waals surface area contributed by atoms with Crippen molar-refractivity contribution in [3.05, 3.63) is 0 Å². The van der Waals surface area contributed by atoms with Crippen LogP contribution in [0.5, 0.6) is 0 Å². The number of hydrogen-bond donors (Lipinski definition) is 0. The zero-order valence-corrected chi connectivity index (χ0v) is 10.9.